The molecule has 0 heterocycles. The summed E-state index contributed by atoms with van der Waals surface area (Å²) in [5, 5.41) is 12.0. The molecule has 0 spiro atoms. The molecule has 2 radical (unpaired) electrons. The van der Waals surface area contributed by atoms with Gasteiger partial charge in [0.2, 0.25) is 0 Å². The normalized spacial score (nSPS) is 12.7. The van der Waals surface area contributed by atoms with E-state index in [1.54, 1.807) is 0 Å². The van der Waals surface area contributed by atoms with E-state index in [9.17, 15) is 0 Å². The summed E-state index contributed by atoms with van der Waals surface area (Å²) in [6.45, 7) is 6.33. The zero-order chi connectivity index (χ0) is 17.9. The van der Waals surface area contributed by atoms with Crippen LogP contribution >= 0.6 is 0 Å². The molecule has 5 aromatic carbocycles. The standard InChI is InChI=1S/C24H20OSi/c1-24(2,3)25-26-17-13-16-9-6-11-19-18-10-4-7-15-8-5-12-20(22(15)18)21(14-17)23(16)19/h4-14H,1-3H3. The maximum atomic E-state index is 6.08. The average Bonchev–Trinajstić information content (AvgIpc) is 2.63. The molecule has 5 aromatic rings. The molecule has 0 aliphatic carbocycles. The van der Waals surface area contributed by atoms with Crippen LogP contribution in [0.25, 0.3) is 43.1 Å². The molecule has 0 saturated heterocycles. The minimum Gasteiger partial charge on any atom is -0.407 e. The highest BCUT2D eigenvalue weighted by Crippen LogP contribution is 2.39. The summed E-state index contributed by atoms with van der Waals surface area (Å²) < 4.78 is 6.08. The molecule has 126 valence electrons. The first-order valence-electron chi connectivity index (χ1n) is 9.04. The van der Waals surface area contributed by atoms with Gasteiger partial charge in [0.1, 0.15) is 0 Å². The fourth-order valence-electron chi connectivity index (χ4n) is 3.93. The molecular weight excluding hydrogens is 332 g/mol. The second-order valence-corrected chi connectivity index (χ2v) is 8.94. The van der Waals surface area contributed by atoms with E-state index in [2.05, 4.69) is 87.5 Å². The SMILES string of the molecule is CC(C)(C)O[Si]c1cc2cccc3c4cccc5cccc(c(c1)c23)c54. The quantitative estimate of drug-likeness (QED) is 0.222. The Morgan fingerprint density at radius 1 is 0.654 bits per heavy atom. The van der Waals surface area contributed by atoms with Crippen molar-refractivity contribution in [3.8, 4) is 0 Å². The zero-order valence-corrected chi connectivity index (χ0v) is 16.3. The summed E-state index contributed by atoms with van der Waals surface area (Å²) in [4.78, 5) is 0. The average molecular weight is 353 g/mol. The summed E-state index contributed by atoms with van der Waals surface area (Å²) in [5.41, 5.74) is -0.126. The Kier molecular flexibility index (Phi) is 3.36. The van der Waals surface area contributed by atoms with Crippen molar-refractivity contribution in [1.82, 2.24) is 0 Å². The first kappa shape index (κ1) is 15.8. The second kappa shape index (κ2) is 5.54. The first-order chi connectivity index (χ1) is 12.5. The van der Waals surface area contributed by atoms with Gasteiger partial charge in [0.15, 0.2) is 0 Å². The van der Waals surface area contributed by atoms with Gasteiger partial charge in [-0.2, -0.15) is 0 Å². The van der Waals surface area contributed by atoms with Gasteiger partial charge in [0.05, 0.1) is 0 Å². The van der Waals surface area contributed by atoms with E-state index in [0.717, 1.165) is 0 Å². The number of hydrogen-bond donors (Lipinski definition) is 0. The van der Waals surface area contributed by atoms with Crippen molar-refractivity contribution in [2.24, 2.45) is 0 Å². The van der Waals surface area contributed by atoms with Crippen molar-refractivity contribution in [2.75, 3.05) is 0 Å². The van der Waals surface area contributed by atoms with E-state index in [-0.39, 0.29) is 5.60 Å². The van der Waals surface area contributed by atoms with E-state index < -0.39 is 0 Å². The fourth-order valence-corrected chi connectivity index (χ4v) is 4.77. The fraction of sp³-hybridized carbons (Fsp3) is 0.167. The Bertz CT molecular complexity index is 1260. The monoisotopic (exact) mass is 352 g/mol. The number of fused-ring (bicyclic) bond motifs is 2. The molecule has 0 atom stereocenters. The van der Waals surface area contributed by atoms with Crippen molar-refractivity contribution in [1.29, 1.82) is 0 Å². The van der Waals surface area contributed by atoms with E-state index in [0.29, 0.717) is 9.76 Å². The van der Waals surface area contributed by atoms with Crippen LogP contribution in [-0.2, 0) is 4.43 Å². The van der Waals surface area contributed by atoms with Crippen LogP contribution in [0.4, 0.5) is 0 Å². The van der Waals surface area contributed by atoms with Gasteiger partial charge in [-0.1, -0.05) is 66.7 Å². The van der Waals surface area contributed by atoms with Crippen molar-refractivity contribution < 1.29 is 4.43 Å². The van der Waals surface area contributed by atoms with E-state index in [4.69, 9.17) is 4.43 Å². The highest BCUT2D eigenvalue weighted by Gasteiger charge is 2.15. The van der Waals surface area contributed by atoms with Gasteiger partial charge < -0.3 is 4.43 Å². The maximum Gasteiger partial charge on any atom is 0.269 e. The smallest absolute Gasteiger partial charge is 0.269 e. The van der Waals surface area contributed by atoms with Crippen LogP contribution in [0.1, 0.15) is 20.8 Å². The van der Waals surface area contributed by atoms with Gasteiger partial charge in [-0.3, -0.25) is 0 Å². The maximum absolute atomic E-state index is 6.08. The molecule has 0 bridgehead atoms. The van der Waals surface area contributed by atoms with Crippen LogP contribution in [0.3, 0.4) is 0 Å². The molecule has 0 aromatic heterocycles. The van der Waals surface area contributed by atoms with Gasteiger partial charge in [0, 0.05) is 5.60 Å². The van der Waals surface area contributed by atoms with Crippen LogP contribution in [0, 0.1) is 0 Å². The van der Waals surface area contributed by atoms with Crippen LogP contribution in [-0.4, -0.2) is 15.4 Å². The molecule has 0 N–H and O–H groups in total. The highest BCUT2D eigenvalue weighted by molar-refractivity contribution is 6.49. The molecule has 2 heteroatoms. The molecule has 0 fully saturated rings. The lowest BCUT2D eigenvalue weighted by Crippen LogP contribution is -2.28. The van der Waals surface area contributed by atoms with Crippen LogP contribution < -0.4 is 5.19 Å². The molecule has 0 aliphatic rings. The lowest BCUT2D eigenvalue weighted by Gasteiger charge is -2.20. The summed E-state index contributed by atoms with van der Waals surface area (Å²) in [7, 11) is 0.353. The summed E-state index contributed by atoms with van der Waals surface area (Å²) in [6, 6.07) is 24.5. The van der Waals surface area contributed by atoms with Gasteiger partial charge in [-0.25, -0.2) is 0 Å². The lowest BCUT2D eigenvalue weighted by atomic mass is 9.90. The van der Waals surface area contributed by atoms with E-state index in [1.165, 1.54) is 48.3 Å². The van der Waals surface area contributed by atoms with Gasteiger partial charge in [0.25, 0.3) is 9.76 Å². The van der Waals surface area contributed by atoms with E-state index >= 15 is 0 Å². The Morgan fingerprint density at radius 3 is 1.81 bits per heavy atom. The minimum atomic E-state index is -0.126. The molecule has 0 saturated carbocycles. The van der Waals surface area contributed by atoms with E-state index in [1.807, 2.05) is 0 Å². The first-order valence-corrected chi connectivity index (χ1v) is 9.95. The van der Waals surface area contributed by atoms with Crippen LogP contribution in [0.5, 0.6) is 0 Å². The predicted molar refractivity (Wildman–Crippen MR) is 114 cm³/mol. The topological polar surface area (TPSA) is 9.23 Å². The van der Waals surface area contributed by atoms with Gasteiger partial charge in [-0.15, -0.1) is 0 Å². The number of benzene rings is 5. The van der Waals surface area contributed by atoms with Crippen LogP contribution in [0.15, 0.2) is 66.7 Å². The summed E-state index contributed by atoms with van der Waals surface area (Å²) >= 11 is 0. The minimum absolute atomic E-state index is 0.126. The Morgan fingerprint density at radius 2 is 1.19 bits per heavy atom. The third-order valence-electron chi connectivity index (χ3n) is 4.94. The number of hydrogen-bond acceptors (Lipinski definition) is 1. The lowest BCUT2D eigenvalue weighted by molar-refractivity contribution is 0.142. The van der Waals surface area contributed by atoms with Crippen molar-refractivity contribution in [3.05, 3.63) is 66.7 Å². The van der Waals surface area contributed by atoms with Crippen molar-refractivity contribution in [2.45, 2.75) is 26.4 Å². The molecule has 0 amide bonds. The Labute approximate surface area is 155 Å². The molecule has 1 nitrogen and oxygen atoms in total. The molecule has 5 rings (SSSR count). The number of rotatable bonds is 2. The van der Waals surface area contributed by atoms with Gasteiger partial charge >= 0.3 is 0 Å². The Balaban J connectivity index is 1.90. The van der Waals surface area contributed by atoms with Crippen molar-refractivity contribution in [3.63, 3.8) is 0 Å². The Hall–Kier alpha value is -2.42. The molecule has 0 unspecified atom stereocenters. The third-order valence-corrected chi connectivity index (χ3v) is 6.18. The molecule has 0 aliphatic heterocycles. The second-order valence-electron chi connectivity index (χ2n) is 7.95. The largest absolute Gasteiger partial charge is 0.407 e. The molecular formula is C24H20OSi. The van der Waals surface area contributed by atoms with Gasteiger partial charge in [-0.05, 0) is 69.0 Å². The third kappa shape index (κ3) is 2.41. The summed E-state index contributed by atoms with van der Waals surface area (Å²) in [5.74, 6) is 0. The predicted octanol–water partition coefficient (Wildman–Crippen LogP) is 5.80. The summed E-state index contributed by atoms with van der Waals surface area (Å²) in [6.07, 6.45) is 0. The highest BCUT2D eigenvalue weighted by atomic mass is 28.2. The van der Waals surface area contributed by atoms with Crippen molar-refractivity contribution >= 4 is 58.0 Å². The molecule has 26 heavy (non-hydrogen) atoms. The zero-order valence-electron chi connectivity index (χ0n) is 15.3. The van der Waals surface area contributed by atoms with Crippen LogP contribution in [0.2, 0.25) is 0 Å².